The van der Waals surface area contributed by atoms with E-state index in [1.54, 1.807) is 12.3 Å². The van der Waals surface area contributed by atoms with Gasteiger partial charge < -0.3 is 14.4 Å². The Morgan fingerprint density at radius 1 is 1.10 bits per heavy atom. The van der Waals surface area contributed by atoms with Crippen LogP contribution in [0.25, 0.3) is 11.3 Å². The van der Waals surface area contributed by atoms with Gasteiger partial charge in [0.1, 0.15) is 19.0 Å². The number of hydrogen-bond donors (Lipinski definition) is 1. The molecule has 2 aromatic heterocycles. The maximum Gasteiger partial charge on any atom is 0.261 e. The molecule has 0 spiro atoms. The van der Waals surface area contributed by atoms with E-state index in [1.807, 2.05) is 29.6 Å². The quantitative estimate of drug-likeness (QED) is 0.707. The Balaban J connectivity index is 1.35. The Morgan fingerprint density at radius 3 is 2.79 bits per heavy atom. The molecule has 2 aliphatic heterocycles. The van der Waals surface area contributed by atoms with Gasteiger partial charge in [0.2, 0.25) is 0 Å². The molecule has 0 atom stereocenters. The lowest BCUT2D eigenvalue weighted by atomic mass is 10.1. The van der Waals surface area contributed by atoms with Gasteiger partial charge in [0.05, 0.1) is 11.3 Å². The summed E-state index contributed by atoms with van der Waals surface area (Å²) >= 11 is 1.39. The number of carbonyl (C=O) groups excluding carboxylic acids is 1. The SMILES string of the molecule is O=C(Nc1nc(-c2ccc3c(c2)OCCO3)cs1)c1cccnc1N1CCCC1. The summed E-state index contributed by atoms with van der Waals surface area (Å²) in [6.45, 7) is 2.97. The number of aromatic nitrogens is 2. The number of pyridine rings is 1. The van der Waals surface area contributed by atoms with Crippen LogP contribution in [-0.2, 0) is 0 Å². The number of thiazole rings is 1. The van der Waals surface area contributed by atoms with Gasteiger partial charge in [-0.25, -0.2) is 9.97 Å². The van der Waals surface area contributed by atoms with Gasteiger partial charge in [-0.2, -0.15) is 0 Å². The summed E-state index contributed by atoms with van der Waals surface area (Å²) < 4.78 is 11.2. The largest absolute Gasteiger partial charge is 0.486 e. The summed E-state index contributed by atoms with van der Waals surface area (Å²) in [5.41, 5.74) is 2.28. The van der Waals surface area contributed by atoms with Crippen LogP contribution in [0.15, 0.2) is 41.9 Å². The van der Waals surface area contributed by atoms with Crippen LogP contribution in [0.3, 0.4) is 0 Å². The van der Waals surface area contributed by atoms with E-state index in [2.05, 4.69) is 20.2 Å². The highest BCUT2D eigenvalue weighted by Gasteiger charge is 2.21. The number of benzene rings is 1. The van der Waals surface area contributed by atoms with E-state index < -0.39 is 0 Å². The van der Waals surface area contributed by atoms with Crippen LogP contribution >= 0.6 is 11.3 Å². The van der Waals surface area contributed by atoms with Gasteiger partial charge in [-0.3, -0.25) is 10.1 Å². The van der Waals surface area contributed by atoms with Gasteiger partial charge >= 0.3 is 0 Å². The minimum absolute atomic E-state index is 0.192. The topological polar surface area (TPSA) is 76.6 Å². The molecule has 1 N–H and O–H groups in total. The normalized spacial score (nSPS) is 15.4. The molecule has 0 bridgehead atoms. The van der Waals surface area contributed by atoms with Gasteiger partial charge in [0, 0.05) is 30.2 Å². The van der Waals surface area contributed by atoms with Crippen molar-refractivity contribution >= 4 is 28.2 Å². The molecular weight excluding hydrogens is 388 g/mol. The predicted molar refractivity (Wildman–Crippen MR) is 112 cm³/mol. The summed E-state index contributed by atoms with van der Waals surface area (Å²) in [6, 6.07) is 9.35. The van der Waals surface area contributed by atoms with Gasteiger partial charge in [-0.15, -0.1) is 11.3 Å². The molecule has 29 heavy (non-hydrogen) atoms. The molecule has 2 aliphatic rings. The van der Waals surface area contributed by atoms with Crippen molar-refractivity contribution in [3.05, 3.63) is 47.5 Å². The van der Waals surface area contributed by atoms with Crippen molar-refractivity contribution in [2.24, 2.45) is 0 Å². The smallest absolute Gasteiger partial charge is 0.261 e. The van der Waals surface area contributed by atoms with Crippen LogP contribution in [0, 0.1) is 0 Å². The Kier molecular flexibility index (Phi) is 4.77. The van der Waals surface area contributed by atoms with E-state index in [1.165, 1.54) is 11.3 Å². The van der Waals surface area contributed by atoms with Crippen LogP contribution in [-0.4, -0.2) is 42.2 Å². The molecule has 1 aromatic carbocycles. The van der Waals surface area contributed by atoms with Crippen molar-refractivity contribution in [1.82, 2.24) is 9.97 Å². The molecule has 1 fully saturated rings. The standard InChI is InChI=1S/C21H20N4O3S/c26-20(15-4-3-7-22-19(15)25-8-1-2-9-25)24-21-23-16(13-29-21)14-5-6-17-18(12-14)28-11-10-27-17/h3-7,12-13H,1-2,8-11H2,(H,23,24,26). The molecule has 0 unspecified atom stereocenters. The fourth-order valence-corrected chi connectivity index (χ4v) is 4.30. The molecule has 0 saturated carbocycles. The molecule has 0 radical (unpaired) electrons. The minimum atomic E-state index is -0.192. The lowest BCUT2D eigenvalue weighted by Gasteiger charge is -2.19. The monoisotopic (exact) mass is 408 g/mol. The van der Waals surface area contributed by atoms with E-state index >= 15 is 0 Å². The third-order valence-corrected chi connectivity index (χ3v) is 5.76. The summed E-state index contributed by atoms with van der Waals surface area (Å²) in [7, 11) is 0. The molecular formula is C21H20N4O3S. The van der Waals surface area contributed by atoms with Gasteiger partial charge in [0.25, 0.3) is 5.91 Å². The summed E-state index contributed by atoms with van der Waals surface area (Å²) in [6.07, 6.45) is 3.99. The third-order valence-electron chi connectivity index (χ3n) is 5.00. The average molecular weight is 408 g/mol. The second-order valence-electron chi connectivity index (χ2n) is 6.92. The van der Waals surface area contributed by atoms with E-state index in [-0.39, 0.29) is 5.91 Å². The van der Waals surface area contributed by atoms with Crippen molar-refractivity contribution in [3.8, 4) is 22.8 Å². The molecule has 3 aromatic rings. The molecule has 148 valence electrons. The van der Waals surface area contributed by atoms with Gasteiger partial charge in [-0.05, 0) is 43.2 Å². The van der Waals surface area contributed by atoms with E-state index in [0.717, 1.165) is 54.5 Å². The maximum atomic E-state index is 12.9. The lowest BCUT2D eigenvalue weighted by molar-refractivity contribution is 0.102. The van der Waals surface area contributed by atoms with Crippen molar-refractivity contribution in [2.45, 2.75) is 12.8 Å². The van der Waals surface area contributed by atoms with E-state index in [9.17, 15) is 4.79 Å². The minimum Gasteiger partial charge on any atom is -0.486 e. The molecule has 5 rings (SSSR count). The number of nitrogens with one attached hydrogen (secondary N) is 1. The first kappa shape index (κ1) is 17.9. The van der Waals surface area contributed by atoms with Gasteiger partial charge in [0.15, 0.2) is 16.6 Å². The van der Waals surface area contributed by atoms with Crippen molar-refractivity contribution in [3.63, 3.8) is 0 Å². The van der Waals surface area contributed by atoms with Crippen LogP contribution in [0.5, 0.6) is 11.5 Å². The predicted octanol–water partition coefficient (Wildman–Crippen LogP) is 3.83. The summed E-state index contributed by atoms with van der Waals surface area (Å²) in [5.74, 6) is 2.02. The Labute approximate surface area is 172 Å². The molecule has 4 heterocycles. The Bertz CT molecular complexity index is 1050. The third kappa shape index (κ3) is 3.63. The number of hydrogen-bond acceptors (Lipinski definition) is 7. The number of carbonyl (C=O) groups is 1. The Morgan fingerprint density at radius 2 is 1.93 bits per heavy atom. The van der Waals surface area contributed by atoms with Crippen molar-refractivity contribution in [1.29, 1.82) is 0 Å². The van der Waals surface area contributed by atoms with Crippen LogP contribution < -0.4 is 19.7 Å². The molecule has 1 saturated heterocycles. The molecule has 8 heteroatoms. The summed E-state index contributed by atoms with van der Waals surface area (Å²) in [4.78, 5) is 24.1. The molecule has 7 nitrogen and oxygen atoms in total. The van der Waals surface area contributed by atoms with Crippen LogP contribution in [0.2, 0.25) is 0 Å². The van der Waals surface area contributed by atoms with Crippen LogP contribution in [0.1, 0.15) is 23.2 Å². The van der Waals surface area contributed by atoms with Crippen LogP contribution in [0.4, 0.5) is 10.9 Å². The molecule has 1 amide bonds. The van der Waals surface area contributed by atoms with E-state index in [0.29, 0.717) is 23.9 Å². The zero-order valence-electron chi connectivity index (χ0n) is 15.8. The fourth-order valence-electron chi connectivity index (χ4n) is 3.59. The second-order valence-corrected chi connectivity index (χ2v) is 7.78. The zero-order chi connectivity index (χ0) is 19.6. The Hall–Kier alpha value is -3.13. The van der Waals surface area contributed by atoms with Crippen molar-refractivity contribution in [2.75, 3.05) is 36.5 Å². The first-order valence-electron chi connectivity index (χ1n) is 9.65. The number of amides is 1. The first-order chi connectivity index (χ1) is 14.3. The highest BCUT2D eigenvalue weighted by Crippen LogP contribution is 2.35. The number of fused-ring (bicyclic) bond motifs is 1. The van der Waals surface area contributed by atoms with E-state index in [4.69, 9.17) is 9.47 Å². The molecule has 0 aliphatic carbocycles. The number of anilines is 2. The second kappa shape index (κ2) is 7.71. The number of ether oxygens (including phenoxy) is 2. The van der Waals surface area contributed by atoms with Crippen molar-refractivity contribution < 1.29 is 14.3 Å². The highest BCUT2D eigenvalue weighted by atomic mass is 32.1. The average Bonchev–Trinajstić information content (AvgIpc) is 3.46. The number of rotatable bonds is 4. The van der Waals surface area contributed by atoms with Gasteiger partial charge in [-0.1, -0.05) is 0 Å². The maximum absolute atomic E-state index is 12.9. The summed E-state index contributed by atoms with van der Waals surface area (Å²) in [5, 5.41) is 5.39. The highest BCUT2D eigenvalue weighted by molar-refractivity contribution is 7.14. The zero-order valence-corrected chi connectivity index (χ0v) is 16.6. The first-order valence-corrected chi connectivity index (χ1v) is 10.5. The number of nitrogens with zero attached hydrogens (tertiary/aromatic N) is 3. The lowest BCUT2D eigenvalue weighted by Crippen LogP contribution is -2.24. The fraction of sp³-hybridized carbons (Fsp3) is 0.286.